The summed E-state index contributed by atoms with van der Waals surface area (Å²) in [5, 5.41) is 0.822. The van der Waals surface area contributed by atoms with Gasteiger partial charge in [-0.1, -0.05) is 64.1 Å². The zero-order valence-electron chi connectivity index (χ0n) is 13.0. The molecular weight excluding hydrogens is 254 g/mol. The number of oxazole rings is 1. The van der Waals surface area contributed by atoms with Gasteiger partial charge in [0.1, 0.15) is 5.76 Å². The van der Waals surface area contributed by atoms with Crippen molar-refractivity contribution in [2.24, 2.45) is 0 Å². The maximum absolute atomic E-state index is 5.93. The maximum Gasteiger partial charge on any atom is 0.255 e. The highest BCUT2D eigenvalue weighted by Crippen LogP contribution is 2.32. The highest BCUT2D eigenvalue weighted by atomic mass is 32.2. The molecule has 1 atom stereocenters. The first-order chi connectivity index (χ1) is 9.22. The van der Waals surface area contributed by atoms with Crippen LogP contribution in [0.2, 0.25) is 0 Å². The molecule has 1 aromatic rings. The quantitative estimate of drug-likeness (QED) is 0.392. The number of aromatic nitrogens is 1. The van der Waals surface area contributed by atoms with Crippen molar-refractivity contribution < 1.29 is 4.42 Å². The molecule has 19 heavy (non-hydrogen) atoms. The van der Waals surface area contributed by atoms with Crippen LogP contribution in [0.3, 0.4) is 0 Å². The number of hydrogen-bond acceptors (Lipinski definition) is 3. The van der Waals surface area contributed by atoms with Gasteiger partial charge in [-0.25, -0.2) is 4.98 Å². The lowest BCUT2D eigenvalue weighted by Crippen LogP contribution is -2.00. The molecule has 1 aromatic heterocycles. The average Bonchev–Trinajstić information content (AvgIpc) is 2.79. The van der Waals surface area contributed by atoms with Crippen molar-refractivity contribution in [1.29, 1.82) is 0 Å². The fourth-order valence-corrected chi connectivity index (χ4v) is 2.92. The lowest BCUT2D eigenvalue weighted by atomic mass is 9.92. The minimum absolute atomic E-state index is 0.574. The summed E-state index contributed by atoms with van der Waals surface area (Å²) in [6, 6.07) is 0. The summed E-state index contributed by atoms with van der Waals surface area (Å²) in [6.45, 7) is 6.61. The van der Waals surface area contributed by atoms with Gasteiger partial charge in [0.2, 0.25) is 0 Å². The molecule has 0 fully saturated rings. The van der Waals surface area contributed by atoms with E-state index < -0.39 is 0 Å². The third-order valence-electron chi connectivity index (χ3n) is 3.67. The largest absolute Gasteiger partial charge is 0.436 e. The first kappa shape index (κ1) is 16.6. The van der Waals surface area contributed by atoms with Crippen molar-refractivity contribution >= 4 is 11.8 Å². The van der Waals surface area contributed by atoms with Crippen LogP contribution >= 0.6 is 11.8 Å². The van der Waals surface area contributed by atoms with E-state index in [1.807, 2.05) is 6.26 Å². The highest BCUT2D eigenvalue weighted by Gasteiger charge is 2.19. The molecule has 0 bridgehead atoms. The molecule has 1 rings (SSSR count). The van der Waals surface area contributed by atoms with Gasteiger partial charge in [-0.15, -0.1) is 0 Å². The van der Waals surface area contributed by atoms with Gasteiger partial charge < -0.3 is 4.42 Å². The van der Waals surface area contributed by atoms with Crippen molar-refractivity contribution in [3.63, 3.8) is 0 Å². The van der Waals surface area contributed by atoms with Gasteiger partial charge in [-0.2, -0.15) is 0 Å². The normalized spacial score (nSPS) is 12.8. The van der Waals surface area contributed by atoms with E-state index in [0.29, 0.717) is 5.92 Å². The third-order valence-corrected chi connectivity index (χ3v) is 4.19. The summed E-state index contributed by atoms with van der Waals surface area (Å²) < 4.78 is 5.93. The van der Waals surface area contributed by atoms with Crippen LogP contribution in [-0.2, 0) is 0 Å². The Balaban J connectivity index is 2.62. The molecule has 1 heterocycles. The fourth-order valence-electron chi connectivity index (χ4n) is 2.52. The summed E-state index contributed by atoms with van der Waals surface area (Å²) >= 11 is 1.60. The van der Waals surface area contributed by atoms with E-state index in [9.17, 15) is 0 Å². The Bertz CT molecular complexity index is 349. The summed E-state index contributed by atoms with van der Waals surface area (Å²) in [7, 11) is 0. The van der Waals surface area contributed by atoms with Crippen LogP contribution in [-0.4, -0.2) is 11.2 Å². The van der Waals surface area contributed by atoms with Gasteiger partial charge in [0.05, 0.1) is 5.69 Å². The Morgan fingerprint density at radius 1 is 1.05 bits per heavy atom. The summed E-state index contributed by atoms with van der Waals surface area (Å²) in [6.07, 6.45) is 12.4. The van der Waals surface area contributed by atoms with Gasteiger partial charge in [0.25, 0.3) is 5.22 Å². The molecule has 0 saturated carbocycles. The van der Waals surface area contributed by atoms with Gasteiger partial charge in [-0.05, 0) is 26.0 Å². The average molecular weight is 283 g/mol. The minimum Gasteiger partial charge on any atom is -0.436 e. The number of nitrogens with zero attached hydrogens (tertiary/aromatic N) is 1. The first-order valence-corrected chi connectivity index (χ1v) is 8.96. The van der Waals surface area contributed by atoms with E-state index in [1.54, 1.807) is 11.8 Å². The Labute approximate surface area is 122 Å². The zero-order valence-corrected chi connectivity index (χ0v) is 13.8. The standard InChI is InChI=1S/C16H29NOS/c1-5-7-9-10-12-14(11-8-6-2)15-13(3)17-16(18-15)19-4/h14H,5-12H2,1-4H3. The van der Waals surface area contributed by atoms with E-state index in [2.05, 4.69) is 25.8 Å². The van der Waals surface area contributed by atoms with Gasteiger partial charge in [-0.3, -0.25) is 0 Å². The topological polar surface area (TPSA) is 26.0 Å². The van der Waals surface area contributed by atoms with Crippen LogP contribution in [0.15, 0.2) is 9.64 Å². The van der Waals surface area contributed by atoms with Crippen molar-refractivity contribution in [2.45, 2.75) is 83.3 Å². The van der Waals surface area contributed by atoms with Crippen LogP contribution in [0.1, 0.15) is 82.6 Å². The van der Waals surface area contributed by atoms with Crippen molar-refractivity contribution in [3.8, 4) is 0 Å². The molecule has 0 amide bonds. The monoisotopic (exact) mass is 283 g/mol. The maximum atomic E-state index is 5.93. The van der Waals surface area contributed by atoms with Crippen molar-refractivity contribution in [3.05, 3.63) is 11.5 Å². The van der Waals surface area contributed by atoms with Crippen LogP contribution in [0.4, 0.5) is 0 Å². The van der Waals surface area contributed by atoms with E-state index in [4.69, 9.17) is 4.42 Å². The predicted molar refractivity (Wildman–Crippen MR) is 84.0 cm³/mol. The van der Waals surface area contributed by atoms with Crippen LogP contribution in [0.5, 0.6) is 0 Å². The van der Waals surface area contributed by atoms with E-state index in [0.717, 1.165) is 16.7 Å². The Kier molecular flexibility index (Phi) is 8.27. The van der Waals surface area contributed by atoms with Crippen LogP contribution in [0.25, 0.3) is 0 Å². The summed E-state index contributed by atoms with van der Waals surface area (Å²) in [5.74, 6) is 1.72. The van der Waals surface area contributed by atoms with Gasteiger partial charge >= 0.3 is 0 Å². The lowest BCUT2D eigenvalue weighted by Gasteiger charge is -2.14. The molecule has 0 aliphatic heterocycles. The van der Waals surface area contributed by atoms with Gasteiger partial charge in [0, 0.05) is 5.92 Å². The van der Waals surface area contributed by atoms with Crippen molar-refractivity contribution in [2.75, 3.05) is 6.26 Å². The zero-order chi connectivity index (χ0) is 14.1. The number of thioether (sulfide) groups is 1. The predicted octanol–water partition coefficient (Wildman–Crippen LogP) is 5.95. The smallest absolute Gasteiger partial charge is 0.255 e. The van der Waals surface area contributed by atoms with Crippen LogP contribution in [0, 0.1) is 6.92 Å². The molecule has 1 unspecified atom stereocenters. The number of rotatable bonds is 10. The molecule has 0 N–H and O–H groups in total. The third kappa shape index (κ3) is 5.60. The number of unbranched alkanes of at least 4 members (excludes halogenated alkanes) is 4. The molecule has 0 aliphatic rings. The summed E-state index contributed by atoms with van der Waals surface area (Å²) in [5.41, 5.74) is 1.10. The van der Waals surface area contributed by atoms with Gasteiger partial charge in [0.15, 0.2) is 0 Å². The molecule has 0 spiro atoms. The molecule has 3 heteroatoms. The SMILES string of the molecule is CCCCCCC(CCCC)c1oc(SC)nc1C. The fraction of sp³-hybridized carbons (Fsp3) is 0.812. The molecule has 0 aromatic carbocycles. The highest BCUT2D eigenvalue weighted by molar-refractivity contribution is 7.98. The Hall–Kier alpha value is -0.440. The van der Waals surface area contributed by atoms with E-state index in [1.165, 1.54) is 51.4 Å². The first-order valence-electron chi connectivity index (χ1n) is 7.74. The molecule has 0 radical (unpaired) electrons. The molecule has 0 saturated heterocycles. The Morgan fingerprint density at radius 2 is 1.74 bits per heavy atom. The van der Waals surface area contributed by atoms with Crippen LogP contribution < -0.4 is 0 Å². The molecule has 0 aliphatic carbocycles. The molecular formula is C16H29NOS. The number of aryl methyl sites for hydroxylation is 1. The second kappa shape index (κ2) is 9.46. The van der Waals surface area contributed by atoms with E-state index in [-0.39, 0.29) is 0 Å². The molecule has 110 valence electrons. The summed E-state index contributed by atoms with van der Waals surface area (Å²) in [4.78, 5) is 4.50. The minimum atomic E-state index is 0.574. The van der Waals surface area contributed by atoms with Crippen molar-refractivity contribution in [1.82, 2.24) is 4.98 Å². The second-order valence-electron chi connectivity index (χ2n) is 5.32. The molecule has 2 nitrogen and oxygen atoms in total. The second-order valence-corrected chi connectivity index (χ2v) is 6.08. The van der Waals surface area contributed by atoms with E-state index >= 15 is 0 Å². The Morgan fingerprint density at radius 3 is 2.32 bits per heavy atom. The number of hydrogen-bond donors (Lipinski definition) is 0. The lowest BCUT2D eigenvalue weighted by molar-refractivity contribution is 0.362.